The van der Waals surface area contributed by atoms with Crippen LogP contribution >= 0.6 is 12.4 Å². The number of likely N-dealkylation sites (N-methyl/N-ethyl adjacent to an activating group) is 1. The molecule has 25 heavy (non-hydrogen) atoms. The second-order valence-corrected chi connectivity index (χ2v) is 7.44. The molecule has 1 aromatic rings. The van der Waals surface area contributed by atoms with Crippen LogP contribution in [0.25, 0.3) is 0 Å². The van der Waals surface area contributed by atoms with E-state index in [2.05, 4.69) is 10.6 Å². The Morgan fingerprint density at radius 3 is 2.88 bits per heavy atom. The van der Waals surface area contributed by atoms with E-state index in [4.69, 9.17) is 0 Å². The molecule has 3 unspecified atom stereocenters. The first kappa shape index (κ1) is 18.2. The molecule has 2 fully saturated rings. The van der Waals surface area contributed by atoms with Gasteiger partial charge in [-0.05, 0) is 49.3 Å². The third-order valence-electron chi connectivity index (χ3n) is 5.85. The molecule has 1 aromatic carbocycles. The van der Waals surface area contributed by atoms with Gasteiger partial charge in [0.05, 0.1) is 6.04 Å². The van der Waals surface area contributed by atoms with Crippen LogP contribution in [-0.4, -0.2) is 42.4 Å². The summed E-state index contributed by atoms with van der Waals surface area (Å²) in [7, 11) is 1.82. The van der Waals surface area contributed by atoms with Gasteiger partial charge >= 0.3 is 0 Å². The highest BCUT2D eigenvalue weighted by atomic mass is 35.5. The number of anilines is 1. The zero-order chi connectivity index (χ0) is 16.7. The second kappa shape index (κ2) is 7.34. The number of hydrogen-bond acceptors (Lipinski definition) is 3. The molecule has 0 radical (unpaired) electrons. The number of carbonyl (C=O) groups is 2. The van der Waals surface area contributed by atoms with Crippen molar-refractivity contribution in [3.63, 3.8) is 0 Å². The van der Waals surface area contributed by atoms with Crippen LogP contribution in [0.1, 0.15) is 48.0 Å². The van der Waals surface area contributed by atoms with Crippen molar-refractivity contribution in [2.24, 2.45) is 5.92 Å². The number of halogens is 1. The highest BCUT2D eigenvalue weighted by molar-refractivity contribution is 6.00. The lowest BCUT2D eigenvalue weighted by molar-refractivity contribution is -0.117. The van der Waals surface area contributed by atoms with E-state index in [1.54, 1.807) is 4.90 Å². The zero-order valence-corrected chi connectivity index (χ0v) is 15.4. The van der Waals surface area contributed by atoms with Crippen LogP contribution < -0.4 is 10.6 Å². The number of carbonyl (C=O) groups excluding carboxylic acids is 2. The van der Waals surface area contributed by atoms with E-state index < -0.39 is 0 Å². The predicted molar refractivity (Wildman–Crippen MR) is 100 cm³/mol. The van der Waals surface area contributed by atoms with E-state index in [1.807, 2.05) is 25.2 Å². The lowest BCUT2D eigenvalue weighted by atomic mass is 9.85. The summed E-state index contributed by atoms with van der Waals surface area (Å²) >= 11 is 0. The molecule has 0 spiro atoms. The predicted octanol–water partition coefficient (Wildman–Crippen LogP) is 2.60. The molecule has 6 heteroatoms. The van der Waals surface area contributed by atoms with Crippen molar-refractivity contribution in [1.82, 2.24) is 10.2 Å². The average molecular weight is 364 g/mol. The molecule has 3 aliphatic rings. The molecule has 136 valence electrons. The van der Waals surface area contributed by atoms with Crippen molar-refractivity contribution < 1.29 is 9.59 Å². The SMILES string of the molecule is CN1CCc2ccc(NC(=O)C3CC4CCCCC4N3)cc2C1=O.Cl. The maximum absolute atomic E-state index is 12.6. The molecule has 2 heterocycles. The summed E-state index contributed by atoms with van der Waals surface area (Å²) in [6, 6.07) is 6.11. The van der Waals surface area contributed by atoms with Crippen LogP contribution in [-0.2, 0) is 11.2 Å². The minimum Gasteiger partial charge on any atom is -0.341 e. The third-order valence-corrected chi connectivity index (χ3v) is 5.85. The molecule has 1 aliphatic carbocycles. The lowest BCUT2D eigenvalue weighted by Gasteiger charge is -2.25. The summed E-state index contributed by atoms with van der Waals surface area (Å²) in [6.45, 7) is 0.756. The van der Waals surface area contributed by atoms with Crippen LogP contribution in [0.4, 0.5) is 5.69 Å². The smallest absolute Gasteiger partial charge is 0.253 e. The first-order valence-electron chi connectivity index (χ1n) is 9.07. The van der Waals surface area contributed by atoms with Gasteiger partial charge in [-0.1, -0.05) is 18.9 Å². The molecular weight excluding hydrogens is 338 g/mol. The maximum Gasteiger partial charge on any atom is 0.253 e. The second-order valence-electron chi connectivity index (χ2n) is 7.44. The Hall–Kier alpha value is -1.59. The normalized spacial score (nSPS) is 28.0. The largest absolute Gasteiger partial charge is 0.341 e. The van der Waals surface area contributed by atoms with Crippen molar-refractivity contribution in [3.8, 4) is 0 Å². The lowest BCUT2D eigenvalue weighted by Crippen LogP contribution is -2.40. The molecule has 2 N–H and O–H groups in total. The first-order valence-corrected chi connectivity index (χ1v) is 9.07. The van der Waals surface area contributed by atoms with Gasteiger partial charge in [-0.15, -0.1) is 12.4 Å². The van der Waals surface area contributed by atoms with Crippen LogP contribution in [0, 0.1) is 5.92 Å². The molecule has 3 atom stereocenters. The van der Waals surface area contributed by atoms with Gasteiger partial charge in [0, 0.05) is 30.9 Å². The number of fused-ring (bicyclic) bond motifs is 2. The third kappa shape index (κ3) is 3.53. The summed E-state index contributed by atoms with van der Waals surface area (Å²) in [5.41, 5.74) is 2.51. The molecular formula is C19H26ClN3O2. The van der Waals surface area contributed by atoms with Gasteiger partial charge in [-0.3, -0.25) is 9.59 Å². The van der Waals surface area contributed by atoms with Gasteiger partial charge in [-0.2, -0.15) is 0 Å². The van der Waals surface area contributed by atoms with E-state index in [-0.39, 0.29) is 30.3 Å². The van der Waals surface area contributed by atoms with E-state index in [9.17, 15) is 9.59 Å². The molecule has 5 nitrogen and oxygen atoms in total. The van der Waals surface area contributed by atoms with Gasteiger partial charge in [0.15, 0.2) is 0 Å². The number of nitrogens with one attached hydrogen (secondary N) is 2. The molecule has 2 aliphatic heterocycles. The fourth-order valence-electron chi connectivity index (χ4n) is 4.42. The van der Waals surface area contributed by atoms with Gasteiger partial charge in [0.1, 0.15) is 0 Å². The summed E-state index contributed by atoms with van der Waals surface area (Å²) in [5, 5.41) is 6.51. The van der Waals surface area contributed by atoms with Gasteiger partial charge in [0.25, 0.3) is 5.91 Å². The number of rotatable bonds is 2. The van der Waals surface area contributed by atoms with Crippen LogP contribution in [0.3, 0.4) is 0 Å². The van der Waals surface area contributed by atoms with Gasteiger partial charge in [-0.25, -0.2) is 0 Å². The van der Waals surface area contributed by atoms with E-state index in [0.717, 1.165) is 36.2 Å². The van der Waals surface area contributed by atoms with Crippen LogP contribution in [0.15, 0.2) is 18.2 Å². The highest BCUT2D eigenvalue weighted by Crippen LogP contribution is 2.33. The topological polar surface area (TPSA) is 61.4 Å². The molecule has 0 aromatic heterocycles. The molecule has 1 saturated heterocycles. The van der Waals surface area contributed by atoms with E-state index in [0.29, 0.717) is 12.0 Å². The van der Waals surface area contributed by atoms with Crippen molar-refractivity contribution >= 4 is 29.9 Å². The summed E-state index contributed by atoms with van der Waals surface area (Å²) < 4.78 is 0. The first-order chi connectivity index (χ1) is 11.6. The van der Waals surface area contributed by atoms with E-state index >= 15 is 0 Å². The Labute approximate surface area is 154 Å². The number of benzene rings is 1. The van der Waals surface area contributed by atoms with Crippen molar-refractivity contribution in [3.05, 3.63) is 29.3 Å². The van der Waals surface area contributed by atoms with E-state index in [1.165, 1.54) is 25.7 Å². The van der Waals surface area contributed by atoms with Crippen molar-refractivity contribution in [2.75, 3.05) is 18.9 Å². The Balaban J connectivity index is 0.00000182. The van der Waals surface area contributed by atoms with Crippen LogP contribution in [0.2, 0.25) is 0 Å². The Kier molecular flexibility index (Phi) is 5.35. The van der Waals surface area contributed by atoms with Crippen LogP contribution in [0.5, 0.6) is 0 Å². The monoisotopic (exact) mass is 363 g/mol. The fourth-order valence-corrected chi connectivity index (χ4v) is 4.42. The fraction of sp³-hybridized carbons (Fsp3) is 0.579. The quantitative estimate of drug-likeness (QED) is 0.849. The average Bonchev–Trinajstić information content (AvgIpc) is 3.03. The zero-order valence-electron chi connectivity index (χ0n) is 14.6. The Morgan fingerprint density at radius 1 is 1.28 bits per heavy atom. The number of amides is 2. The van der Waals surface area contributed by atoms with Gasteiger partial charge in [0.2, 0.25) is 5.91 Å². The molecule has 0 bridgehead atoms. The van der Waals surface area contributed by atoms with Crippen molar-refractivity contribution in [2.45, 2.75) is 50.6 Å². The molecule has 2 amide bonds. The standard InChI is InChI=1S/C19H25N3O2.ClH/c1-22-9-8-12-6-7-14(11-15(12)19(22)24)20-18(23)17-10-13-4-2-3-5-16(13)21-17;/h6-7,11,13,16-17,21H,2-5,8-10H2,1H3,(H,20,23);1H. The molecule has 1 saturated carbocycles. The summed E-state index contributed by atoms with van der Waals surface area (Å²) in [5.74, 6) is 0.714. The maximum atomic E-state index is 12.6. The highest BCUT2D eigenvalue weighted by Gasteiger charge is 2.38. The minimum atomic E-state index is -0.104. The van der Waals surface area contributed by atoms with Crippen molar-refractivity contribution in [1.29, 1.82) is 0 Å². The number of hydrogen-bond donors (Lipinski definition) is 2. The molecule has 4 rings (SSSR count). The number of nitrogens with zero attached hydrogens (tertiary/aromatic N) is 1. The van der Waals surface area contributed by atoms with Gasteiger partial charge < -0.3 is 15.5 Å². The Morgan fingerprint density at radius 2 is 2.08 bits per heavy atom. The summed E-state index contributed by atoms with van der Waals surface area (Å²) in [6.07, 6.45) is 6.79. The summed E-state index contributed by atoms with van der Waals surface area (Å²) in [4.78, 5) is 26.6. The Bertz CT molecular complexity index is 665. The minimum absolute atomic E-state index is 0.